The van der Waals surface area contributed by atoms with E-state index in [1.807, 2.05) is 30.3 Å². The highest BCUT2D eigenvalue weighted by molar-refractivity contribution is 7.89. The second-order valence-corrected chi connectivity index (χ2v) is 9.45. The number of hydrogen-bond acceptors (Lipinski definition) is 4. The van der Waals surface area contributed by atoms with Gasteiger partial charge in [-0.2, -0.15) is 0 Å². The van der Waals surface area contributed by atoms with E-state index in [4.69, 9.17) is 4.74 Å². The maximum atomic E-state index is 14.3. The Morgan fingerprint density at radius 2 is 1.93 bits per heavy atom. The van der Waals surface area contributed by atoms with Crippen LogP contribution in [0.5, 0.6) is 0 Å². The molecule has 6 nitrogen and oxygen atoms in total. The quantitative estimate of drug-likeness (QED) is 0.700. The molecule has 2 N–H and O–H groups in total. The van der Waals surface area contributed by atoms with Gasteiger partial charge >= 0.3 is 0 Å². The number of rotatable bonds is 7. The first-order valence-electron chi connectivity index (χ1n) is 10.0. The van der Waals surface area contributed by atoms with Crippen molar-refractivity contribution in [3.05, 3.63) is 65.5 Å². The minimum atomic E-state index is -3.83. The fourth-order valence-electron chi connectivity index (χ4n) is 3.61. The van der Waals surface area contributed by atoms with E-state index in [2.05, 4.69) is 10.0 Å². The molecule has 0 aromatic heterocycles. The van der Waals surface area contributed by atoms with Gasteiger partial charge in [0.25, 0.3) is 5.91 Å². The maximum Gasteiger partial charge on any atom is 0.254 e. The summed E-state index contributed by atoms with van der Waals surface area (Å²) in [6, 6.07) is 12.7. The highest BCUT2D eigenvalue weighted by Gasteiger charge is 2.28. The largest absolute Gasteiger partial charge is 0.373 e. The van der Waals surface area contributed by atoms with Crippen molar-refractivity contribution in [1.82, 2.24) is 10.0 Å². The number of halogens is 1. The number of carbonyl (C=O) groups is 1. The first-order chi connectivity index (χ1) is 14.3. The molecule has 0 aliphatic carbocycles. The summed E-state index contributed by atoms with van der Waals surface area (Å²) in [5, 5.41) is 2.75. The van der Waals surface area contributed by atoms with Gasteiger partial charge in [0.1, 0.15) is 5.82 Å². The Morgan fingerprint density at radius 3 is 2.63 bits per heavy atom. The van der Waals surface area contributed by atoms with Crippen LogP contribution in [0.25, 0.3) is 0 Å². The van der Waals surface area contributed by atoms with E-state index < -0.39 is 21.7 Å². The van der Waals surface area contributed by atoms with Gasteiger partial charge in [0, 0.05) is 25.1 Å². The van der Waals surface area contributed by atoms with Crippen LogP contribution in [0.2, 0.25) is 0 Å². The molecule has 0 radical (unpaired) electrons. The van der Waals surface area contributed by atoms with Crippen molar-refractivity contribution in [3.8, 4) is 0 Å². The minimum Gasteiger partial charge on any atom is -0.373 e. The Hall–Kier alpha value is -2.29. The topological polar surface area (TPSA) is 84.5 Å². The molecule has 2 aromatic rings. The maximum absolute atomic E-state index is 14.3. The number of benzene rings is 2. The van der Waals surface area contributed by atoms with Crippen LogP contribution in [-0.4, -0.2) is 33.5 Å². The summed E-state index contributed by atoms with van der Waals surface area (Å²) < 4.78 is 47.3. The summed E-state index contributed by atoms with van der Waals surface area (Å²) >= 11 is 0. The van der Waals surface area contributed by atoms with E-state index in [1.165, 1.54) is 0 Å². The third kappa shape index (κ3) is 5.44. The molecule has 2 unspecified atom stereocenters. The fourth-order valence-corrected chi connectivity index (χ4v) is 4.88. The highest BCUT2D eigenvalue weighted by atomic mass is 32.2. The van der Waals surface area contributed by atoms with Crippen molar-refractivity contribution in [1.29, 1.82) is 0 Å². The van der Waals surface area contributed by atoms with Gasteiger partial charge in [0.2, 0.25) is 10.0 Å². The SMILES string of the molecule is CC(C)NS(=O)(=O)c1ccc(F)c(C(=O)NCC2CCCOC2c2ccccc2)c1. The van der Waals surface area contributed by atoms with Gasteiger partial charge in [-0.05, 0) is 50.5 Å². The van der Waals surface area contributed by atoms with Gasteiger partial charge in [0.05, 0.1) is 16.6 Å². The van der Waals surface area contributed by atoms with E-state index in [0.29, 0.717) is 13.2 Å². The predicted molar refractivity (Wildman–Crippen MR) is 112 cm³/mol. The first-order valence-corrected chi connectivity index (χ1v) is 11.5. The summed E-state index contributed by atoms with van der Waals surface area (Å²) in [6.45, 7) is 4.33. The third-order valence-electron chi connectivity index (χ3n) is 4.98. The van der Waals surface area contributed by atoms with Crippen LogP contribution in [-0.2, 0) is 14.8 Å². The van der Waals surface area contributed by atoms with Gasteiger partial charge in [0.15, 0.2) is 0 Å². The number of amides is 1. The summed E-state index contributed by atoms with van der Waals surface area (Å²) in [4.78, 5) is 12.5. The molecule has 0 saturated carbocycles. The molecule has 0 bridgehead atoms. The molecule has 1 amide bonds. The normalized spacial score (nSPS) is 19.6. The lowest BCUT2D eigenvalue weighted by molar-refractivity contribution is -0.0272. The van der Waals surface area contributed by atoms with Crippen molar-refractivity contribution in [2.24, 2.45) is 5.92 Å². The van der Waals surface area contributed by atoms with Crippen LogP contribution in [0.1, 0.15) is 48.7 Å². The van der Waals surface area contributed by atoms with Crippen LogP contribution in [0.4, 0.5) is 4.39 Å². The van der Waals surface area contributed by atoms with Crippen LogP contribution >= 0.6 is 0 Å². The monoisotopic (exact) mass is 434 g/mol. The second kappa shape index (κ2) is 9.68. The van der Waals surface area contributed by atoms with Crippen LogP contribution in [0.3, 0.4) is 0 Å². The second-order valence-electron chi connectivity index (χ2n) is 7.73. The van der Waals surface area contributed by atoms with E-state index in [0.717, 1.165) is 36.6 Å². The van der Waals surface area contributed by atoms with E-state index in [1.54, 1.807) is 13.8 Å². The highest BCUT2D eigenvalue weighted by Crippen LogP contribution is 2.33. The standard InChI is InChI=1S/C22H27FN2O4S/c1-15(2)25-30(27,28)18-10-11-20(23)19(13-18)22(26)24-14-17-9-6-12-29-21(17)16-7-4-3-5-8-16/h3-5,7-8,10-11,13,15,17,21,25H,6,9,12,14H2,1-2H3,(H,24,26). The zero-order valence-electron chi connectivity index (χ0n) is 17.1. The molecule has 1 saturated heterocycles. The van der Waals surface area contributed by atoms with Crippen molar-refractivity contribution < 1.29 is 22.3 Å². The molecule has 1 aliphatic rings. The van der Waals surface area contributed by atoms with Crippen LogP contribution in [0.15, 0.2) is 53.4 Å². The lowest BCUT2D eigenvalue weighted by Crippen LogP contribution is -2.35. The fraction of sp³-hybridized carbons (Fsp3) is 0.409. The Morgan fingerprint density at radius 1 is 1.20 bits per heavy atom. The minimum absolute atomic E-state index is 0.0442. The molecule has 1 aliphatic heterocycles. The lowest BCUT2D eigenvalue weighted by atomic mass is 9.89. The summed E-state index contributed by atoms with van der Waals surface area (Å²) in [6.07, 6.45) is 1.61. The van der Waals surface area contributed by atoms with Crippen LogP contribution < -0.4 is 10.0 Å². The molecular formula is C22H27FN2O4S. The average Bonchev–Trinajstić information content (AvgIpc) is 2.72. The average molecular weight is 435 g/mol. The van der Waals surface area contributed by atoms with Crippen molar-refractivity contribution >= 4 is 15.9 Å². The van der Waals surface area contributed by atoms with Gasteiger partial charge in [-0.25, -0.2) is 17.5 Å². The van der Waals surface area contributed by atoms with Gasteiger partial charge < -0.3 is 10.1 Å². The molecule has 162 valence electrons. The molecule has 30 heavy (non-hydrogen) atoms. The van der Waals surface area contributed by atoms with E-state index >= 15 is 0 Å². The Kier molecular flexibility index (Phi) is 7.23. The summed E-state index contributed by atoms with van der Waals surface area (Å²) in [5.74, 6) is -1.37. The molecule has 1 fully saturated rings. The Balaban J connectivity index is 1.73. The number of hydrogen-bond donors (Lipinski definition) is 2. The molecule has 2 atom stereocenters. The predicted octanol–water partition coefficient (Wildman–Crippen LogP) is 3.41. The number of sulfonamides is 1. The van der Waals surface area contributed by atoms with Gasteiger partial charge in [-0.3, -0.25) is 4.79 Å². The lowest BCUT2D eigenvalue weighted by Gasteiger charge is -2.32. The third-order valence-corrected chi connectivity index (χ3v) is 6.64. The Bertz CT molecular complexity index is 980. The molecule has 1 heterocycles. The molecular weight excluding hydrogens is 407 g/mol. The zero-order chi connectivity index (χ0) is 21.7. The van der Waals surface area contributed by atoms with Gasteiger partial charge in [-0.15, -0.1) is 0 Å². The number of nitrogens with one attached hydrogen (secondary N) is 2. The first kappa shape index (κ1) is 22.4. The molecule has 0 spiro atoms. The zero-order valence-corrected chi connectivity index (χ0v) is 17.9. The Labute approximate surface area is 176 Å². The smallest absolute Gasteiger partial charge is 0.254 e. The van der Waals surface area contributed by atoms with Crippen molar-refractivity contribution in [2.75, 3.05) is 13.2 Å². The molecule has 2 aromatic carbocycles. The number of ether oxygens (including phenoxy) is 1. The summed E-state index contributed by atoms with van der Waals surface area (Å²) in [5.41, 5.74) is 0.741. The van der Waals surface area contributed by atoms with E-state index in [9.17, 15) is 17.6 Å². The van der Waals surface area contributed by atoms with E-state index in [-0.39, 0.29) is 28.5 Å². The molecule has 3 rings (SSSR count). The van der Waals surface area contributed by atoms with Crippen LogP contribution in [0, 0.1) is 11.7 Å². The van der Waals surface area contributed by atoms with Crippen molar-refractivity contribution in [2.45, 2.75) is 43.7 Å². The van der Waals surface area contributed by atoms with Gasteiger partial charge in [-0.1, -0.05) is 30.3 Å². The summed E-state index contributed by atoms with van der Waals surface area (Å²) in [7, 11) is -3.83. The molecule has 8 heteroatoms. The van der Waals surface area contributed by atoms with Crippen molar-refractivity contribution in [3.63, 3.8) is 0 Å². The number of carbonyl (C=O) groups excluding carboxylic acids is 1.